The number of nitrogens with one attached hydrogen (secondary N) is 1. The molecule has 0 bridgehead atoms. The molecular weight excluding hydrogens is 236 g/mol. The van der Waals surface area contributed by atoms with Gasteiger partial charge in [0, 0.05) is 10.7 Å². The average molecular weight is 249 g/mol. The number of halogens is 1. The SMILES string of the molecule is Cc1ccc(NC(=O)C2(C#N)CCC2)cc1Cl. The molecule has 17 heavy (non-hydrogen) atoms. The Balaban J connectivity index is 2.13. The Morgan fingerprint density at radius 1 is 1.53 bits per heavy atom. The van der Waals surface area contributed by atoms with Crippen molar-refractivity contribution >= 4 is 23.2 Å². The third kappa shape index (κ3) is 2.13. The zero-order chi connectivity index (χ0) is 12.5. The molecule has 1 amide bonds. The van der Waals surface area contributed by atoms with E-state index < -0.39 is 5.41 Å². The molecule has 1 fully saturated rings. The van der Waals surface area contributed by atoms with Crippen molar-refractivity contribution in [3.8, 4) is 6.07 Å². The normalized spacial score (nSPS) is 16.8. The number of benzene rings is 1. The lowest BCUT2D eigenvalue weighted by molar-refractivity contribution is -0.126. The topological polar surface area (TPSA) is 52.9 Å². The van der Waals surface area contributed by atoms with Crippen molar-refractivity contribution < 1.29 is 4.79 Å². The van der Waals surface area contributed by atoms with Crippen LogP contribution in [-0.4, -0.2) is 5.91 Å². The van der Waals surface area contributed by atoms with Crippen LogP contribution in [0.3, 0.4) is 0 Å². The molecule has 4 heteroatoms. The number of carbonyl (C=O) groups is 1. The number of hydrogen-bond donors (Lipinski definition) is 1. The van der Waals surface area contributed by atoms with Crippen LogP contribution in [0.15, 0.2) is 18.2 Å². The van der Waals surface area contributed by atoms with Crippen molar-refractivity contribution in [1.82, 2.24) is 0 Å². The first-order valence-electron chi connectivity index (χ1n) is 5.56. The molecule has 1 aromatic rings. The summed E-state index contributed by atoms with van der Waals surface area (Å²) in [6, 6.07) is 7.46. The lowest BCUT2D eigenvalue weighted by Crippen LogP contribution is -2.40. The number of aryl methyl sites for hydroxylation is 1. The van der Waals surface area contributed by atoms with Crippen LogP contribution in [0.4, 0.5) is 5.69 Å². The quantitative estimate of drug-likeness (QED) is 0.873. The van der Waals surface area contributed by atoms with Crippen molar-refractivity contribution in [2.45, 2.75) is 26.2 Å². The second-order valence-corrected chi connectivity index (χ2v) is 4.87. The summed E-state index contributed by atoms with van der Waals surface area (Å²) in [4.78, 5) is 12.0. The molecule has 0 radical (unpaired) electrons. The number of rotatable bonds is 2. The Morgan fingerprint density at radius 3 is 2.71 bits per heavy atom. The molecule has 0 heterocycles. The Hall–Kier alpha value is -1.53. The number of nitriles is 1. The summed E-state index contributed by atoms with van der Waals surface area (Å²) in [6.07, 6.45) is 2.24. The van der Waals surface area contributed by atoms with E-state index in [9.17, 15) is 4.79 Å². The van der Waals surface area contributed by atoms with Gasteiger partial charge in [-0.1, -0.05) is 17.7 Å². The fourth-order valence-corrected chi connectivity index (χ4v) is 2.02. The fraction of sp³-hybridized carbons (Fsp3) is 0.385. The molecule has 0 atom stereocenters. The molecule has 1 saturated carbocycles. The lowest BCUT2D eigenvalue weighted by Gasteiger charge is -2.33. The van der Waals surface area contributed by atoms with E-state index in [2.05, 4.69) is 11.4 Å². The van der Waals surface area contributed by atoms with E-state index in [1.807, 2.05) is 13.0 Å². The van der Waals surface area contributed by atoms with Crippen LogP contribution in [0.2, 0.25) is 5.02 Å². The molecule has 1 aliphatic carbocycles. The molecule has 88 valence electrons. The van der Waals surface area contributed by atoms with Crippen molar-refractivity contribution in [3.63, 3.8) is 0 Å². The lowest BCUT2D eigenvalue weighted by atomic mass is 9.69. The summed E-state index contributed by atoms with van der Waals surface area (Å²) in [7, 11) is 0. The van der Waals surface area contributed by atoms with E-state index in [1.165, 1.54) is 0 Å². The number of carbonyl (C=O) groups excluding carboxylic acids is 1. The van der Waals surface area contributed by atoms with Gasteiger partial charge in [0.05, 0.1) is 6.07 Å². The van der Waals surface area contributed by atoms with Gasteiger partial charge >= 0.3 is 0 Å². The Bertz CT molecular complexity index is 501. The van der Waals surface area contributed by atoms with E-state index in [0.29, 0.717) is 23.6 Å². The molecule has 1 N–H and O–H groups in total. The standard InChI is InChI=1S/C13H13ClN2O/c1-9-3-4-10(7-11(9)14)16-12(17)13(8-15)5-2-6-13/h3-4,7H,2,5-6H2,1H3,(H,16,17). The van der Waals surface area contributed by atoms with Gasteiger partial charge in [0.25, 0.3) is 0 Å². The maximum Gasteiger partial charge on any atom is 0.244 e. The molecule has 1 aromatic carbocycles. The van der Waals surface area contributed by atoms with E-state index in [4.69, 9.17) is 16.9 Å². The number of hydrogen-bond acceptors (Lipinski definition) is 2. The minimum absolute atomic E-state index is 0.217. The number of nitrogens with zero attached hydrogens (tertiary/aromatic N) is 1. The minimum atomic E-state index is -0.822. The number of amides is 1. The summed E-state index contributed by atoms with van der Waals surface area (Å²) < 4.78 is 0. The molecule has 0 spiro atoms. The second kappa shape index (κ2) is 4.38. The van der Waals surface area contributed by atoms with Crippen molar-refractivity contribution in [1.29, 1.82) is 5.26 Å². The smallest absolute Gasteiger partial charge is 0.244 e. The predicted octanol–water partition coefficient (Wildman–Crippen LogP) is 3.28. The highest BCUT2D eigenvalue weighted by atomic mass is 35.5. The average Bonchev–Trinajstić information content (AvgIpc) is 2.23. The fourth-order valence-electron chi connectivity index (χ4n) is 1.84. The summed E-state index contributed by atoms with van der Waals surface area (Å²) in [5, 5.41) is 12.4. The van der Waals surface area contributed by atoms with Crippen LogP contribution in [0, 0.1) is 23.7 Å². The summed E-state index contributed by atoms with van der Waals surface area (Å²) in [6.45, 7) is 1.90. The van der Waals surface area contributed by atoms with Crippen LogP contribution < -0.4 is 5.32 Å². The van der Waals surface area contributed by atoms with Crippen molar-refractivity contribution in [2.75, 3.05) is 5.32 Å². The molecular formula is C13H13ClN2O. The molecule has 0 aliphatic heterocycles. The first kappa shape index (κ1) is 11.9. The first-order valence-corrected chi connectivity index (χ1v) is 5.94. The predicted molar refractivity (Wildman–Crippen MR) is 66.7 cm³/mol. The van der Waals surface area contributed by atoms with Gasteiger partial charge in [-0.2, -0.15) is 5.26 Å². The highest BCUT2D eigenvalue weighted by molar-refractivity contribution is 6.31. The molecule has 0 aromatic heterocycles. The van der Waals surface area contributed by atoms with E-state index in [1.54, 1.807) is 12.1 Å². The summed E-state index contributed by atoms with van der Waals surface area (Å²) >= 11 is 5.98. The maximum absolute atomic E-state index is 12.0. The Kier molecular flexibility index (Phi) is 3.08. The van der Waals surface area contributed by atoms with Gasteiger partial charge in [0.15, 0.2) is 0 Å². The van der Waals surface area contributed by atoms with Crippen LogP contribution in [0.25, 0.3) is 0 Å². The molecule has 3 nitrogen and oxygen atoms in total. The van der Waals surface area contributed by atoms with E-state index in [0.717, 1.165) is 12.0 Å². The zero-order valence-corrected chi connectivity index (χ0v) is 10.3. The molecule has 2 rings (SSSR count). The van der Waals surface area contributed by atoms with Gasteiger partial charge in [-0.25, -0.2) is 0 Å². The minimum Gasteiger partial charge on any atom is -0.325 e. The van der Waals surface area contributed by atoms with Gasteiger partial charge in [-0.15, -0.1) is 0 Å². The summed E-state index contributed by atoms with van der Waals surface area (Å²) in [5.41, 5.74) is 0.785. The van der Waals surface area contributed by atoms with Crippen molar-refractivity contribution in [3.05, 3.63) is 28.8 Å². The zero-order valence-electron chi connectivity index (χ0n) is 9.59. The van der Waals surface area contributed by atoms with Gasteiger partial charge in [0.2, 0.25) is 5.91 Å². The van der Waals surface area contributed by atoms with Gasteiger partial charge < -0.3 is 5.32 Å². The largest absolute Gasteiger partial charge is 0.325 e. The highest BCUT2D eigenvalue weighted by Gasteiger charge is 2.44. The summed E-state index contributed by atoms with van der Waals surface area (Å²) in [5.74, 6) is -0.217. The second-order valence-electron chi connectivity index (χ2n) is 4.47. The maximum atomic E-state index is 12.0. The van der Waals surface area contributed by atoms with Crippen LogP contribution in [0.1, 0.15) is 24.8 Å². The molecule has 0 saturated heterocycles. The van der Waals surface area contributed by atoms with Gasteiger partial charge in [0.1, 0.15) is 5.41 Å². The van der Waals surface area contributed by atoms with Gasteiger partial charge in [-0.05, 0) is 43.9 Å². The van der Waals surface area contributed by atoms with E-state index >= 15 is 0 Å². The van der Waals surface area contributed by atoms with Gasteiger partial charge in [-0.3, -0.25) is 4.79 Å². The van der Waals surface area contributed by atoms with Crippen molar-refractivity contribution in [2.24, 2.45) is 5.41 Å². The van der Waals surface area contributed by atoms with Crippen LogP contribution in [-0.2, 0) is 4.79 Å². The third-order valence-corrected chi connectivity index (χ3v) is 3.69. The molecule has 1 aliphatic rings. The van der Waals surface area contributed by atoms with Crippen LogP contribution in [0.5, 0.6) is 0 Å². The van der Waals surface area contributed by atoms with E-state index in [-0.39, 0.29) is 5.91 Å². The van der Waals surface area contributed by atoms with Crippen LogP contribution >= 0.6 is 11.6 Å². The Labute approximate surface area is 105 Å². The number of anilines is 1. The first-order chi connectivity index (χ1) is 8.07. The highest BCUT2D eigenvalue weighted by Crippen LogP contribution is 2.41. The third-order valence-electron chi connectivity index (χ3n) is 3.29. The monoisotopic (exact) mass is 248 g/mol. The molecule has 0 unspecified atom stereocenters. The Morgan fingerprint density at radius 2 is 2.24 bits per heavy atom.